The molecule has 0 aliphatic heterocycles. The molecule has 0 radical (unpaired) electrons. The van der Waals surface area contributed by atoms with Crippen LogP contribution in [0, 0.1) is 0 Å². The largest absolute Gasteiger partial charge is 0.395 e. The molecule has 0 aliphatic rings. The Morgan fingerprint density at radius 3 is 2.76 bits per heavy atom. The van der Waals surface area contributed by atoms with Crippen molar-refractivity contribution in [2.24, 2.45) is 0 Å². The average Bonchev–Trinajstić information content (AvgIpc) is 2.92. The first kappa shape index (κ1) is 12.0. The predicted octanol–water partition coefficient (Wildman–Crippen LogP) is 1.42. The molecule has 0 saturated heterocycles. The lowest BCUT2D eigenvalue weighted by molar-refractivity contribution is 0.276. The number of hydrogen-bond acceptors (Lipinski definition) is 4. The molecule has 0 fully saturated rings. The molecule has 0 unspecified atom stereocenters. The van der Waals surface area contributed by atoms with Crippen LogP contribution in [0.25, 0.3) is 32.8 Å². The summed E-state index contributed by atoms with van der Waals surface area (Å²) in [5.41, 5.74) is 1.90. The summed E-state index contributed by atoms with van der Waals surface area (Å²) in [5, 5.41) is 19.9. The number of H-pyrrole nitrogens is 1. The third kappa shape index (κ3) is 1.59. The molecule has 0 amide bonds. The molecule has 4 rings (SSSR count). The normalized spacial score (nSPS) is 11.7. The summed E-state index contributed by atoms with van der Waals surface area (Å²) in [6, 6.07) is 9.16. The van der Waals surface area contributed by atoms with Gasteiger partial charge in [-0.3, -0.25) is 9.36 Å². The third-order valence-electron chi connectivity index (χ3n) is 3.70. The molecule has 0 bridgehead atoms. The van der Waals surface area contributed by atoms with E-state index >= 15 is 0 Å². The van der Waals surface area contributed by atoms with E-state index in [1.54, 1.807) is 16.8 Å². The Balaban J connectivity index is 2.42. The predicted molar refractivity (Wildman–Crippen MR) is 80.2 cm³/mol. The number of benzene rings is 1. The van der Waals surface area contributed by atoms with Crippen molar-refractivity contribution in [1.29, 1.82) is 0 Å². The number of aliphatic hydroxyl groups is 1. The van der Waals surface area contributed by atoms with Crippen molar-refractivity contribution in [3.05, 3.63) is 46.9 Å². The molecule has 6 heteroatoms. The highest BCUT2D eigenvalue weighted by Gasteiger charge is 2.14. The van der Waals surface area contributed by atoms with Crippen molar-refractivity contribution in [1.82, 2.24) is 19.7 Å². The van der Waals surface area contributed by atoms with Crippen LogP contribution in [0.4, 0.5) is 0 Å². The summed E-state index contributed by atoms with van der Waals surface area (Å²) in [5.74, 6) is 0. The second kappa shape index (κ2) is 4.39. The molecule has 0 atom stereocenters. The summed E-state index contributed by atoms with van der Waals surface area (Å²) in [6.45, 7) is 0.0996. The van der Waals surface area contributed by atoms with Crippen molar-refractivity contribution < 1.29 is 5.11 Å². The molecule has 3 aromatic heterocycles. The Kier molecular flexibility index (Phi) is 2.52. The molecular weight excluding hydrogens is 268 g/mol. The molecule has 1 aromatic carbocycles. The van der Waals surface area contributed by atoms with Crippen LogP contribution >= 0.6 is 0 Å². The van der Waals surface area contributed by atoms with Gasteiger partial charge in [0.2, 0.25) is 0 Å². The zero-order valence-electron chi connectivity index (χ0n) is 11.1. The first-order valence-corrected chi connectivity index (χ1v) is 6.67. The molecule has 0 spiro atoms. The minimum absolute atomic E-state index is 0.116. The number of rotatable bonds is 2. The van der Waals surface area contributed by atoms with Gasteiger partial charge in [-0.05, 0) is 12.1 Å². The first-order chi connectivity index (χ1) is 10.3. The number of nitrogens with zero attached hydrogens (tertiary/aromatic N) is 3. The summed E-state index contributed by atoms with van der Waals surface area (Å²) >= 11 is 0. The van der Waals surface area contributed by atoms with E-state index in [1.165, 1.54) is 0 Å². The standard InChI is InChI=1S/C15H12N4O2/c20-8-7-19-14-12-11(5-6-16-14)17-18-13(12)9-3-1-2-4-10(9)15(19)21/h1-6,16,20H,7-8H2. The van der Waals surface area contributed by atoms with E-state index in [4.69, 9.17) is 0 Å². The van der Waals surface area contributed by atoms with Crippen LogP contribution in [0.5, 0.6) is 0 Å². The SMILES string of the molecule is O=c1c2ccccc2c2nnc3cc[nH]c(c32)n1CCO. The fourth-order valence-electron chi connectivity index (χ4n) is 2.78. The van der Waals surface area contributed by atoms with Gasteiger partial charge in [-0.1, -0.05) is 18.2 Å². The van der Waals surface area contributed by atoms with Crippen LogP contribution in [0.1, 0.15) is 0 Å². The van der Waals surface area contributed by atoms with Gasteiger partial charge in [0.05, 0.1) is 18.5 Å². The maximum Gasteiger partial charge on any atom is 0.260 e. The number of nitrogens with one attached hydrogen (secondary N) is 1. The maximum absolute atomic E-state index is 12.8. The van der Waals surface area contributed by atoms with E-state index in [2.05, 4.69) is 15.2 Å². The van der Waals surface area contributed by atoms with Gasteiger partial charge in [0.1, 0.15) is 16.7 Å². The third-order valence-corrected chi connectivity index (χ3v) is 3.70. The zero-order chi connectivity index (χ0) is 14.4. The smallest absolute Gasteiger partial charge is 0.260 e. The molecule has 0 saturated carbocycles. The molecule has 2 N–H and O–H groups in total. The van der Waals surface area contributed by atoms with Crippen molar-refractivity contribution in [3.8, 4) is 0 Å². The maximum atomic E-state index is 12.8. The topological polar surface area (TPSA) is 83.8 Å². The fraction of sp³-hybridized carbons (Fsp3) is 0.133. The van der Waals surface area contributed by atoms with E-state index in [0.717, 1.165) is 16.3 Å². The fourth-order valence-corrected chi connectivity index (χ4v) is 2.78. The Morgan fingerprint density at radius 2 is 1.95 bits per heavy atom. The Morgan fingerprint density at radius 1 is 1.14 bits per heavy atom. The first-order valence-electron chi connectivity index (χ1n) is 6.67. The Bertz CT molecular complexity index is 1030. The molecular formula is C15H12N4O2. The lowest BCUT2D eigenvalue weighted by atomic mass is 10.1. The van der Waals surface area contributed by atoms with Crippen molar-refractivity contribution in [3.63, 3.8) is 0 Å². The Hall–Kier alpha value is -2.73. The van der Waals surface area contributed by atoms with Gasteiger partial charge in [-0.2, -0.15) is 0 Å². The highest BCUT2D eigenvalue weighted by Crippen LogP contribution is 2.26. The lowest BCUT2D eigenvalue weighted by Gasteiger charge is -2.04. The van der Waals surface area contributed by atoms with Crippen molar-refractivity contribution in [2.45, 2.75) is 6.54 Å². The summed E-state index contributed by atoms with van der Waals surface area (Å²) in [4.78, 5) is 15.9. The summed E-state index contributed by atoms with van der Waals surface area (Å²) < 4.78 is 1.54. The van der Waals surface area contributed by atoms with Crippen LogP contribution < -0.4 is 5.56 Å². The molecule has 6 nitrogen and oxygen atoms in total. The number of pyridine rings is 1. The van der Waals surface area contributed by atoms with Gasteiger partial charge in [-0.15, -0.1) is 10.2 Å². The van der Waals surface area contributed by atoms with Crippen LogP contribution in [-0.4, -0.2) is 31.5 Å². The quantitative estimate of drug-likeness (QED) is 0.581. The number of aromatic nitrogens is 4. The molecule has 21 heavy (non-hydrogen) atoms. The minimum atomic E-state index is -0.151. The second-order valence-electron chi connectivity index (χ2n) is 4.86. The van der Waals surface area contributed by atoms with Gasteiger partial charge in [-0.25, -0.2) is 0 Å². The van der Waals surface area contributed by atoms with E-state index in [1.807, 2.05) is 24.3 Å². The van der Waals surface area contributed by atoms with Gasteiger partial charge in [0, 0.05) is 17.0 Å². The monoisotopic (exact) mass is 280 g/mol. The average molecular weight is 280 g/mol. The highest BCUT2D eigenvalue weighted by molar-refractivity contribution is 6.14. The number of fused-ring (bicyclic) bond motifs is 2. The van der Waals surface area contributed by atoms with Crippen molar-refractivity contribution >= 4 is 32.8 Å². The molecule has 3 heterocycles. The van der Waals surface area contributed by atoms with Crippen molar-refractivity contribution in [2.75, 3.05) is 6.61 Å². The minimum Gasteiger partial charge on any atom is -0.395 e. The van der Waals surface area contributed by atoms with Crippen LogP contribution in [-0.2, 0) is 6.54 Å². The van der Waals surface area contributed by atoms with Gasteiger partial charge in [0.25, 0.3) is 5.56 Å². The van der Waals surface area contributed by atoms with Crippen LogP contribution in [0.2, 0.25) is 0 Å². The molecule has 104 valence electrons. The highest BCUT2D eigenvalue weighted by atomic mass is 16.3. The molecule has 4 aromatic rings. The van der Waals surface area contributed by atoms with Gasteiger partial charge < -0.3 is 10.1 Å². The summed E-state index contributed by atoms with van der Waals surface area (Å²) in [6.07, 6.45) is 1.73. The zero-order valence-corrected chi connectivity index (χ0v) is 11.1. The number of aliphatic hydroxyl groups excluding tert-OH is 1. The molecule has 0 aliphatic carbocycles. The second-order valence-corrected chi connectivity index (χ2v) is 4.86. The van der Waals surface area contributed by atoms with Crippen LogP contribution in [0.15, 0.2) is 41.3 Å². The van der Waals surface area contributed by atoms with E-state index < -0.39 is 0 Å². The van der Waals surface area contributed by atoms with Crippen LogP contribution in [0.3, 0.4) is 0 Å². The number of aromatic amines is 1. The summed E-state index contributed by atoms with van der Waals surface area (Å²) in [7, 11) is 0. The lowest BCUT2D eigenvalue weighted by Crippen LogP contribution is -2.20. The number of hydrogen-bond donors (Lipinski definition) is 2. The Labute approximate surface area is 118 Å². The van der Waals surface area contributed by atoms with E-state index in [-0.39, 0.29) is 18.7 Å². The van der Waals surface area contributed by atoms with Gasteiger partial charge in [0.15, 0.2) is 0 Å². The van der Waals surface area contributed by atoms with Gasteiger partial charge >= 0.3 is 0 Å². The van der Waals surface area contributed by atoms with E-state index in [0.29, 0.717) is 16.6 Å². The van der Waals surface area contributed by atoms with E-state index in [9.17, 15) is 9.90 Å².